The van der Waals surface area contributed by atoms with Gasteiger partial charge in [-0.3, -0.25) is 9.59 Å². The van der Waals surface area contributed by atoms with Gasteiger partial charge in [-0.15, -0.1) is 12.4 Å². The highest BCUT2D eigenvalue weighted by Crippen LogP contribution is 2.27. The average molecular weight is 410 g/mol. The van der Waals surface area contributed by atoms with Crippen molar-refractivity contribution in [1.29, 1.82) is 0 Å². The van der Waals surface area contributed by atoms with Crippen LogP contribution in [-0.4, -0.2) is 49.1 Å². The number of alkyl halides is 1. The van der Waals surface area contributed by atoms with Crippen molar-refractivity contribution in [3.63, 3.8) is 0 Å². The predicted octanol–water partition coefficient (Wildman–Crippen LogP) is 2.79. The quantitative estimate of drug-likeness (QED) is 0.818. The van der Waals surface area contributed by atoms with Gasteiger partial charge in [-0.2, -0.15) is 0 Å². The Morgan fingerprint density at radius 1 is 1.18 bits per heavy atom. The van der Waals surface area contributed by atoms with E-state index in [4.69, 9.17) is 5.73 Å². The van der Waals surface area contributed by atoms with Gasteiger partial charge in [0.05, 0.1) is 6.54 Å². The molecular formula is C20H22ClF2N3O2. The summed E-state index contributed by atoms with van der Waals surface area (Å²) in [7, 11) is 1.51. The van der Waals surface area contributed by atoms with Crippen molar-refractivity contribution in [3.8, 4) is 11.1 Å². The number of amides is 2. The molecule has 1 aliphatic heterocycles. The Bertz CT molecular complexity index is 868. The topological polar surface area (TPSA) is 75.4 Å². The summed E-state index contributed by atoms with van der Waals surface area (Å²) in [6.45, 7) is 0.160. The van der Waals surface area contributed by atoms with Gasteiger partial charge in [0.15, 0.2) is 0 Å². The van der Waals surface area contributed by atoms with Gasteiger partial charge in [0, 0.05) is 30.8 Å². The standard InChI is InChI=1S/C20H21F2N3O2.ClH/c1-24-19(26)18-5-3-2-4-17(18)12-6-13(8-14(21)7-12)20(27)25-10-15(22)9-16(23)11-25;/h2-8,15-16H,9-11,23H2,1H3,(H,24,26);1H/t15-,16+;/m1./s1. The van der Waals surface area contributed by atoms with Crippen molar-refractivity contribution in [1.82, 2.24) is 10.2 Å². The molecule has 2 amide bonds. The number of halogens is 3. The summed E-state index contributed by atoms with van der Waals surface area (Å²) in [4.78, 5) is 26.2. The van der Waals surface area contributed by atoms with Crippen LogP contribution in [-0.2, 0) is 0 Å². The van der Waals surface area contributed by atoms with E-state index in [1.807, 2.05) is 0 Å². The van der Waals surface area contributed by atoms with Gasteiger partial charge < -0.3 is 16.0 Å². The molecule has 2 aromatic carbocycles. The van der Waals surface area contributed by atoms with Crippen LogP contribution in [0.2, 0.25) is 0 Å². The van der Waals surface area contributed by atoms with Crippen molar-refractivity contribution < 1.29 is 18.4 Å². The molecule has 2 aromatic rings. The number of carbonyl (C=O) groups excluding carboxylic acids is 2. The Balaban J connectivity index is 0.00000280. The lowest BCUT2D eigenvalue weighted by Crippen LogP contribution is -2.50. The lowest BCUT2D eigenvalue weighted by atomic mass is 9.96. The molecule has 8 heteroatoms. The summed E-state index contributed by atoms with van der Waals surface area (Å²) in [5, 5.41) is 2.54. The molecule has 3 N–H and O–H groups in total. The van der Waals surface area contributed by atoms with Crippen LogP contribution in [0.5, 0.6) is 0 Å². The normalized spacial score (nSPS) is 18.9. The number of carbonyl (C=O) groups is 2. The highest BCUT2D eigenvalue weighted by molar-refractivity contribution is 6.02. The van der Waals surface area contributed by atoms with E-state index in [0.29, 0.717) is 16.7 Å². The summed E-state index contributed by atoms with van der Waals surface area (Å²) in [6, 6.07) is 10.2. The molecule has 0 saturated carbocycles. The van der Waals surface area contributed by atoms with Gasteiger partial charge in [-0.25, -0.2) is 8.78 Å². The zero-order chi connectivity index (χ0) is 19.6. The molecule has 2 atom stereocenters. The summed E-state index contributed by atoms with van der Waals surface area (Å²) >= 11 is 0. The molecule has 3 rings (SSSR count). The van der Waals surface area contributed by atoms with E-state index in [0.717, 1.165) is 6.07 Å². The van der Waals surface area contributed by atoms with E-state index in [9.17, 15) is 18.4 Å². The van der Waals surface area contributed by atoms with E-state index in [1.165, 1.54) is 24.1 Å². The second-order valence-electron chi connectivity index (χ2n) is 6.66. The fourth-order valence-corrected chi connectivity index (χ4v) is 3.36. The molecule has 0 bridgehead atoms. The monoisotopic (exact) mass is 409 g/mol. The molecule has 0 aromatic heterocycles. The number of nitrogens with two attached hydrogens (primary N) is 1. The number of rotatable bonds is 3. The molecule has 1 aliphatic rings. The van der Waals surface area contributed by atoms with Crippen molar-refractivity contribution in [3.05, 3.63) is 59.4 Å². The first-order valence-electron chi connectivity index (χ1n) is 8.70. The highest BCUT2D eigenvalue weighted by Gasteiger charge is 2.29. The molecule has 0 spiro atoms. The summed E-state index contributed by atoms with van der Waals surface area (Å²) in [5.41, 5.74) is 7.16. The molecule has 5 nitrogen and oxygen atoms in total. The smallest absolute Gasteiger partial charge is 0.254 e. The SMILES string of the molecule is CNC(=O)c1ccccc1-c1cc(F)cc(C(=O)N2C[C@@H](N)C[C@@H](F)C2)c1.Cl. The first kappa shape index (κ1) is 21.8. The Morgan fingerprint density at radius 3 is 2.57 bits per heavy atom. The Hall–Kier alpha value is -2.51. The van der Waals surface area contributed by atoms with E-state index in [1.54, 1.807) is 24.3 Å². The van der Waals surface area contributed by atoms with E-state index in [2.05, 4.69) is 5.32 Å². The van der Waals surface area contributed by atoms with Gasteiger partial charge in [-0.1, -0.05) is 18.2 Å². The number of nitrogens with one attached hydrogen (secondary N) is 1. The van der Waals surface area contributed by atoms with Gasteiger partial charge in [0.2, 0.25) is 0 Å². The van der Waals surface area contributed by atoms with Gasteiger partial charge in [-0.05, 0) is 41.8 Å². The Kier molecular flexibility index (Phi) is 7.10. The molecule has 0 aliphatic carbocycles. The van der Waals surface area contributed by atoms with Crippen LogP contribution in [0.1, 0.15) is 27.1 Å². The molecule has 0 unspecified atom stereocenters. The van der Waals surface area contributed by atoms with Crippen molar-refractivity contribution >= 4 is 24.2 Å². The molecule has 1 saturated heterocycles. The molecular weight excluding hydrogens is 388 g/mol. The maximum absolute atomic E-state index is 14.2. The van der Waals surface area contributed by atoms with Gasteiger partial charge in [0.25, 0.3) is 11.8 Å². The third-order valence-electron chi connectivity index (χ3n) is 4.57. The molecule has 150 valence electrons. The Morgan fingerprint density at radius 2 is 1.89 bits per heavy atom. The number of benzene rings is 2. The maximum Gasteiger partial charge on any atom is 0.254 e. The van der Waals surface area contributed by atoms with Crippen LogP contribution in [0.15, 0.2) is 42.5 Å². The summed E-state index contributed by atoms with van der Waals surface area (Å²) in [5.74, 6) is -1.41. The third kappa shape index (κ3) is 4.66. The van der Waals surface area contributed by atoms with Crippen LogP contribution in [0, 0.1) is 5.82 Å². The van der Waals surface area contributed by atoms with Crippen molar-refractivity contribution in [2.45, 2.75) is 18.6 Å². The molecule has 0 radical (unpaired) electrons. The summed E-state index contributed by atoms with van der Waals surface area (Å²) < 4.78 is 28.0. The summed E-state index contributed by atoms with van der Waals surface area (Å²) in [6.07, 6.45) is -0.989. The largest absolute Gasteiger partial charge is 0.355 e. The minimum absolute atomic E-state index is 0. The van der Waals surface area contributed by atoms with Crippen LogP contribution in [0.4, 0.5) is 8.78 Å². The minimum atomic E-state index is -1.19. The van der Waals surface area contributed by atoms with E-state index in [-0.39, 0.29) is 43.4 Å². The first-order valence-corrected chi connectivity index (χ1v) is 8.70. The van der Waals surface area contributed by atoms with Crippen molar-refractivity contribution in [2.24, 2.45) is 5.73 Å². The van der Waals surface area contributed by atoms with Crippen LogP contribution < -0.4 is 11.1 Å². The zero-order valence-electron chi connectivity index (χ0n) is 15.3. The second kappa shape index (κ2) is 9.12. The molecule has 1 fully saturated rings. The van der Waals surface area contributed by atoms with Crippen LogP contribution >= 0.6 is 12.4 Å². The number of hydrogen-bond acceptors (Lipinski definition) is 3. The number of likely N-dealkylation sites (tertiary alicyclic amines) is 1. The van der Waals surface area contributed by atoms with Gasteiger partial charge in [0.1, 0.15) is 12.0 Å². The maximum atomic E-state index is 14.2. The van der Waals surface area contributed by atoms with Crippen molar-refractivity contribution in [2.75, 3.05) is 20.1 Å². The number of piperidine rings is 1. The first-order chi connectivity index (χ1) is 12.9. The average Bonchev–Trinajstić information content (AvgIpc) is 2.65. The molecule has 28 heavy (non-hydrogen) atoms. The zero-order valence-corrected chi connectivity index (χ0v) is 16.1. The third-order valence-corrected chi connectivity index (χ3v) is 4.57. The lowest BCUT2D eigenvalue weighted by molar-refractivity contribution is 0.0606. The fourth-order valence-electron chi connectivity index (χ4n) is 3.36. The molecule has 1 heterocycles. The predicted molar refractivity (Wildman–Crippen MR) is 106 cm³/mol. The van der Waals surface area contributed by atoms with E-state index >= 15 is 0 Å². The number of nitrogens with zero attached hydrogens (tertiary/aromatic N) is 1. The van der Waals surface area contributed by atoms with Crippen LogP contribution in [0.3, 0.4) is 0 Å². The fraction of sp³-hybridized carbons (Fsp3) is 0.300. The Labute approximate surface area is 168 Å². The lowest BCUT2D eigenvalue weighted by Gasteiger charge is -2.33. The highest BCUT2D eigenvalue weighted by atomic mass is 35.5. The van der Waals surface area contributed by atoms with Gasteiger partial charge >= 0.3 is 0 Å². The minimum Gasteiger partial charge on any atom is -0.355 e. The second-order valence-corrected chi connectivity index (χ2v) is 6.66. The van der Waals surface area contributed by atoms with Crippen LogP contribution in [0.25, 0.3) is 11.1 Å². The number of hydrogen-bond donors (Lipinski definition) is 2. The van der Waals surface area contributed by atoms with E-state index < -0.39 is 23.9 Å².